The smallest absolute Gasteiger partial charge is 0.407 e. The van der Waals surface area contributed by atoms with Gasteiger partial charge in [0.2, 0.25) is 0 Å². The molecule has 164 valence electrons. The van der Waals surface area contributed by atoms with Crippen LogP contribution in [-0.4, -0.2) is 53.5 Å². The third kappa shape index (κ3) is 5.49. The average molecular weight is 446 g/mol. The summed E-state index contributed by atoms with van der Waals surface area (Å²) in [4.78, 5) is 23.9. The zero-order valence-corrected chi connectivity index (χ0v) is 18.1. The summed E-state index contributed by atoms with van der Waals surface area (Å²) in [5.41, 5.74) is 3.68. The van der Waals surface area contributed by atoms with Crippen LogP contribution in [0.25, 0.3) is 5.57 Å². The van der Waals surface area contributed by atoms with E-state index in [4.69, 9.17) is 26.2 Å². The number of nitrogens with zero attached hydrogens (tertiary/aromatic N) is 1. The van der Waals surface area contributed by atoms with Crippen LogP contribution < -0.4 is 9.47 Å². The Kier molecular flexibility index (Phi) is 7.07. The zero-order valence-electron chi connectivity index (χ0n) is 17.4. The minimum atomic E-state index is -1.12. The molecule has 0 saturated heterocycles. The standard InChI is InChI=1S/C23H24ClNO6/c1-14-11-20(24)21(12-15(14)2)31-10-9-30-17-5-3-16(4-6-17)18-7-8-25(23(28)29)13-19(18)22(26)27/h3-6,11-12H,7-10,13H2,1-2H3,(H,26,27)(H,28,29). The normalized spacial score (nSPS) is 13.8. The molecule has 0 fully saturated rings. The first kappa shape index (κ1) is 22.5. The maximum atomic E-state index is 11.6. The van der Waals surface area contributed by atoms with E-state index in [0.717, 1.165) is 21.6 Å². The molecule has 0 bridgehead atoms. The van der Waals surface area contributed by atoms with E-state index in [2.05, 4.69) is 0 Å². The molecule has 8 heteroatoms. The van der Waals surface area contributed by atoms with Crippen molar-refractivity contribution in [1.29, 1.82) is 0 Å². The lowest BCUT2D eigenvalue weighted by molar-refractivity contribution is -0.132. The molecule has 2 aromatic carbocycles. The van der Waals surface area contributed by atoms with Crippen molar-refractivity contribution >= 4 is 29.2 Å². The summed E-state index contributed by atoms with van der Waals surface area (Å²) < 4.78 is 11.4. The van der Waals surface area contributed by atoms with E-state index in [1.54, 1.807) is 24.3 Å². The number of halogens is 1. The Morgan fingerprint density at radius 1 is 1.03 bits per heavy atom. The highest BCUT2D eigenvalue weighted by Crippen LogP contribution is 2.30. The van der Waals surface area contributed by atoms with Crippen molar-refractivity contribution in [2.75, 3.05) is 26.3 Å². The molecule has 1 heterocycles. The third-order valence-corrected chi connectivity index (χ3v) is 5.53. The summed E-state index contributed by atoms with van der Waals surface area (Å²) in [5, 5.41) is 19.2. The summed E-state index contributed by atoms with van der Waals surface area (Å²) in [6.07, 6.45) is -0.774. The van der Waals surface area contributed by atoms with Crippen LogP contribution in [0.2, 0.25) is 5.02 Å². The Balaban J connectivity index is 1.60. The van der Waals surface area contributed by atoms with E-state index in [0.29, 0.717) is 41.7 Å². The van der Waals surface area contributed by atoms with Crippen molar-refractivity contribution in [3.63, 3.8) is 0 Å². The number of carboxylic acids is 1. The molecule has 0 radical (unpaired) electrons. The van der Waals surface area contributed by atoms with Crippen LogP contribution in [0.4, 0.5) is 4.79 Å². The number of hydrogen-bond acceptors (Lipinski definition) is 4. The fraction of sp³-hybridized carbons (Fsp3) is 0.304. The second kappa shape index (κ2) is 9.75. The van der Waals surface area contributed by atoms with Gasteiger partial charge in [-0.05, 0) is 66.8 Å². The summed E-state index contributed by atoms with van der Waals surface area (Å²) in [5.74, 6) is 0.131. The molecular formula is C23H24ClNO6. The van der Waals surface area contributed by atoms with Gasteiger partial charge in [0.05, 0.1) is 17.1 Å². The van der Waals surface area contributed by atoms with Gasteiger partial charge in [0.25, 0.3) is 0 Å². The molecule has 0 aromatic heterocycles. The minimum Gasteiger partial charge on any atom is -0.490 e. The molecule has 1 aliphatic heterocycles. The highest BCUT2D eigenvalue weighted by molar-refractivity contribution is 6.32. The van der Waals surface area contributed by atoms with Gasteiger partial charge in [0.1, 0.15) is 24.7 Å². The fourth-order valence-electron chi connectivity index (χ4n) is 3.37. The van der Waals surface area contributed by atoms with E-state index in [1.807, 2.05) is 26.0 Å². The van der Waals surface area contributed by atoms with Gasteiger partial charge in [0, 0.05) is 6.54 Å². The Morgan fingerprint density at radius 3 is 2.32 bits per heavy atom. The van der Waals surface area contributed by atoms with Crippen molar-refractivity contribution in [3.8, 4) is 11.5 Å². The predicted molar refractivity (Wildman–Crippen MR) is 117 cm³/mol. The SMILES string of the molecule is Cc1cc(Cl)c(OCCOc2ccc(C3=C(C(=O)O)CN(C(=O)O)CC3)cc2)cc1C. The van der Waals surface area contributed by atoms with Gasteiger partial charge in [-0.2, -0.15) is 0 Å². The van der Waals surface area contributed by atoms with Crippen molar-refractivity contribution < 1.29 is 29.3 Å². The average Bonchev–Trinajstić information content (AvgIpc) is 2.74. The lowest BCUT2D eigenvalue weighted by Crippen LogP contribution is -2.37. The molecule has 3 rings (SSSR count). The molecule has 1 aliphatic rings. The first-order chi connectivity index (χ1) is 14.8. The molecule has 0 spiro atoms. The number of carbonyl (C=O) groups is 2. The first-order valence-electron chi connectivity index (χ1n) is 9.82. The summed E-state index contributed by atoms with van der Waals surface area (Å²) >= 11 is 6.20. The van der Waals surface area contributed by atoms with Crippen LogP contribution in [0.1, 0.15) is 23.1 Å². The van der Waals surface area contributed by atoms with Gasteiger partial charge in [-0.1, -0.05) is 23.7 Å². The van der Waals surface area contributed by atoms with Crippen LogP contribution >= 0.6 is 11.6 Å². The second-order valence-corrected chi connectivity index (χ2v) is 7.71. The summed E-state index contributed by atoms with van der Waals surface area (Å²) in [6, 6.07) is 10.8. The van der Waals surface area contributed by atoms with Crippen LogP contribution in [-0.2, 0) is 4.79 Å². The van der Waals surface area contributed by atoms with E-state index < -0.39 is 12.1 Å². The Hall–Kier alpha value is -3.19. The number of amides is 1. The Morgan fingerprint density at radius 2 is 1.68 bits per heavy atom. The number of aliphatic carboxylic acids is 1. The van der Waals surface area contributed by atoms with Crippen molar-refractivity contribution in [1.82, 2.24) is 4.90 Å². The number of hydrogen-bond donors (Lipinski definition) is 2. The highest BCUT2D eigenvalue weighted by atomic mass is 35.5. The van der Waals surface area contributed by atoms with Crippen LogP contribution in [0.15, 0.2) is 42.0 Å². The van der Waals surface area contributed by atoms with E-state index in [9.17, 15) is 14.7 Å². The van der Waals surface area contributed by atoms with Crippen LogP contribution in [0.3, 0.4) is 0 Å². The predicted octanol–water partition coefficient (Wildman–Crippen LogP) is 4.64. The van der Waals surface area contributed by atoms with Gasteiger partial charge in [-0.25, -0.2) is 9.59 Å². The monoisotopic (exact) mass is 445 g/mol. The molecule has 0 saturated carbocycles. The Labute approximate surface area is 185 Å². The molecule has 7 nitrogen and oxygen atoms in total. The lowest BCUT2D eigenvalue weighted by Gasteiger charge is -2.27. The molecule has 31 heavy (non-hydrogen) atoms. The van der Waals surface area contributed by atoms with Gasteiger partial charge in [-0.15, -0.1) is 0 Å². The molecule has 0 unspecified atom stereocenters. The third-order valence-electron chi connectivity index (χ3n) is 5.23. The van der Waals surface area contributed by atoms with Gasteiger partial charge >= 0.3 is 12.1 Å². The van der Waals surface area contributed by atoms with Gasteiger partial charge < -0.3 is 24.6 Å². The quantitative estimate of drug-likeness (QED) is 0.603. The lowest BCUT2D eigenvalue weighted by atomic mass is 9.93. The largest absolute Gasteiger partial charge is 0.490 e. The number of rotatable bonds is 7. The van der Waals surface area contributed by atoms with E-state index in [-0.39, 0.29) is 18.7 Å². The number of benzene rings is 2. The maximum Gasteiger partial charge on any atom is 0.407 e. The highest BCUT2D eigenvalue weighted by Gasteiger charge is 2.27. The number of aryl methyl sites for hydroxylation is 2. The molecule has 1 amide bonds. The van der Waals surface area contributed by atoms with Gasteiger partial charge in [0.15, 0.2) is 0 Å². The van der Waals surface area contributed by atoms with Crippen LogP contribution in [0.5, 0.6) is 11.5 Å². The molecule has 0 atom stereocenters. The summed E-state index contributed by atoms with van der Waals surface area (Å²) in [7, 11) is 0. The minimum absolute atomic E-state index is 0.0981. The molecule has 0 aliphatic carbocycles. The fourth-order valence-corrected chi connectivity index (χ4v) is 3.64. The van der Waals surface area contributed by atoms with Crippen LogP contribution in [0, 0.1) is 13.8 Å². The zero-order chi connectivity index (χ0) is 22.5. The van der Waals surface area contributed by atoms with E-state index >= 15 is 0 Å². The molecular weight excluding hydrogens is 422 g/mol. The summed E-state index contributed by atoms with van der Waals surface area (Å²) in [6.45, 7) is 4.76. The number of ether oxygens (including phenoxy) is 2. The molecule has 2 N–H and O–H groups in total. The van der Waals surface area contributed by atoms with E-state index in [1.165, 1.54) is 0 Å². The van der Waals surface area contributed by atoms with Crippen molar-refractivity contribution in [3.05, 3.63) is 63.7 Å². The topological polar surface area (TPSA) is 96.3 Å². The number of carboxylic acid groups (broad SMARTS) is 2. The maximum absolute atomic E-state index is 11.6. The second-order valence-electron chi connectivity index (χ2n) is 7.30. The van der Waals surface area contributed by atoms with Crippen molar-refractivity contribution in [2.24, 2.45) is 0 Å². The van der Waals surface area contributed by atoms with Gasteiger partial charge in [-0.3, -0.25) is 0 Å². The van der Waals surface area contributed by atoms with Crippen molar-refractivity contribution in [2.45, 2.75) is 20.3 Å². The Bertz CT molecular complexity index is 1020. The first-order valence-corrected chi connectivity index (χ1v) is 10.2. The molecule has 2 aromatic rings.